The van der Waals surface area contributed by atoms with Crippen molar-refractivity contribution in [1.82, 2.24) is 10.6 Å². The van der Waals surface area contributed by atoms with Crippen LogP contribution in [0, 0.1) is 11.8 Å². The average molecular weight is 481 g/mol. The van der Waals surface area contributed by atoms with E-state index in [2.05, 4.69) is 34.9 Å². The first kappa shape index (κ1) is 24.7. The summed E-state index contributed by atoms with van der Waals surface area (Å²) in [5.41, 5.74) is 4.60. The quantitative estimate of drug-likeness (QED) is 0.437. The van der Waals surface area contributed by atoms with Crippen molar-refractivity contribution in [2.45, 2.75) is 44.1 Å². The van der Waals surface area contributed by atoms with E-state index in [1.54, 1.807) is 0 Å². The molecule has 4 N–H and O–H groups in total. The molecule has 0 radical (unpaired) electrons. The number of carbonyl (C=O) groups excluding carboxylic acids is 2. The summed E-state index contributed by atoms with van der Waals surface area (Å²) in [6.45, 7) is 0.178. The van der Waals surface area contributed by atoms with Gasteiger partial charge in [0.25, 0.3) is 0 Å². The molecule has 4 rings (SSSR count). The van der Waals surface area contributed by atoms with Crippen molar-refractivity contribution in [2.75, 3.05) is 19.8 Å². The molecule has 2 aliphatic carbocycles. The van der Waals surface area contributed by atoms with Crippen molar-refractivity contribution in [2.24, 2.45) is 11.8 Å². The SMILES string of the molecule is O=C(NC[C@@H]1CCCC[C@@H]1C(=O)N[C@@H](CCO)C(=O)O)OCC1c2ccccc2-c2ccccc21. The summed E-state index contributed by atoms with van der Waals surface area (Å²) in [5, 5.41) is 23.7. The molecule has 0 bridgehead atoms. The zero-order valence-electron chi connectivity index (χ0n) is 19.6. The van der Waals surface area contributed by atoms with Crippen LogP contribution in [0.1, 0.15) is 49.1 Å². The van der Waals surface area contributed by atoms with E-state index < -0.39 is 24.0 Å². The first-order chi connectivity index (χ1) is 17.0. The molecule has 0 unspecified atom stereocenters. The molecule has 35 heavy (non-hydrogen) atoms. The van der Waals surface area contributed by atoms with Crippen LogP contribution < -0.4 is 10.6 Å². The van der Waals surface area contributed by atoms with Crippen molar-refractivity contribution < 1.29 is 29.3 Å². The van der Waals surface area contributed by atoms with E-state index in [-0.39, 0.29) is 43.9 Å². The van der Waals surface area contributed by atoms with E-state index in [9.17, 15) is 19.5 Å². The molecule has 1 fully saturated rings. The van der Waals surface area contributed by atoms with Crippen LogP contribution in [0.15, 0.2) is 48.5 Å². The van der Waals surface area contributed by atoms with Crippen LogP contribution in [0.25, 0.3) is 11.1 Å². The van der Waals surface area contributed by atoms with Gasteiger partial charge in [-0.25, -0.2) is 9.59 Å². The van der Waals surface area contributed by atoms with Crippen LogP contribution in [0.4, 0.5) is 4.79 Å². The predicted octanol–water partition coefficient (Wildman–Crippen LogP) is 3.28. The van der Waals surface area contributed by atoms with E-state index in [0.29, 0.717) is 6.42 Å². The maximum Gasteiger partial charge on any atom is 0.407 e. The Morgan fingerprint density at radius 1 is 0.971 bits per heavy atom. The van der Waals surface area contributed by atoms with Crippen LogP contribution in [0.2, 0.25) is 0 Å². The van der Waals surface area contributed by atoms with Gasteiger partial charge in [0, 0.05) is 31.4 Å². The molecule has 1 saturated carbocycles. The summed E-state index contributed by atoms with van der Waals surface area (Å²) < 4.78 is 5.60. The summed E-state index contributed by atoms with van der Waals surface area (Å²) in [6, 6.07) is 15.2. The molecule has 2 aromatic rings. The molecule has 3 atom stereocenters. The van der Waals surface area contributed by atoms with E-state index in [0.717, 1.165) is 41.5 Å². The lowest BCUT2D eigenvalue weighted by molar-refractivity contribution is -0.143. The number of aliphatic carboxylic acids is 1. The largest absolute Gasteiger partial charge is 0.480 e. The minimum Gasteiger partial charge on any atom is -0.480 e. The van der Waals surface area contributed by atoms with Gasteiger partial charge in [-0.15, -0.1) is 0 Å². The Morgan fingerprint density at radius 2 is 1.60 bits per heavy atom. The third kappa shape index (κ3) is 5.65. The van der Waals surface area contributed by atoms with Crippen LogP contribution in [-0.4, -0.2) is 54.0 Å². The lowest BCUT2D eigenvalue weighted by Crippen LogP contribution is -2.48. The molecular formula is C27H32N2O6. The monoisotopic (exact) mass is 480 g/mol. The highest BCUT2D eigenvalue weighted by Crippen LogP contribution is 2.44. The second kappa shape index (κ2) is 11.4. The summed E-state index contributed by atoms with van der Waals surface area (Å²) in [5.74, 6) is -2.03. The number of rotatable bonds is 9. The minimum absolute atomic E-state index is 0.0270. The number of amides is 2. The number of carboxylic acids is 1. The molecule has 0 aromatic heterocycles. The van der Waals surface area contributed by atoms with Gasteiger partial charge in [-0.3, -0.25) is 4.79 Å². The molecule has 0 heterocycles. The Hall–Kier alpha value is -3.39. The van der Waals surface area contributed by atoms with Crippen LogP contribution in [0.3, 0.4) is 0 Å². The molecular weight excluding hydrogens is 448 g/mol. The maximum atomic E-state index is 12.8. The number of aliphatic hydroxyl groups is 1. The van der Waals surface area contributed by atoms with Gasteiger partial charge in [0.1, 0.15) is 12.6 Å². The molecule has 8 heteroatoms. The summed E-state index contributed by atoms with van der Waals surface area (Å²) in [7, 11) is 0. The average Bonchev–Trinajstić information content (AvgIpc) is 3.19. The molecule has 0 saturated heterocycles. The molecule has 0 spiro atoms. The second-order valence-corrected chi connectivity index (χ2v) is 9.27. The fraction of sp³-hybridized carbons (Fsp3) is 0.444. The number of carboxylic acid groups (broad SMARTS) is 1. The zero-order chi connectivity index (χ0) is 24.8. The Morgan fingerprint density at radius 3 is 2.23 bits per heavy atom. The van der Waals surface area contributed by atoms with Gasteiger partial charge >= 0.3 is 12.1 Å². The van der Waals surface area contributed by atoms with Gasteiger partial charge in [0.15, 0.2) is 0 Å². The molecule has 2 aliphatic rings. The van der Waals surface area contributed by atoms with Crippen molar-refractivity contribution in [3.63, 3.8) is 0 Å². The second-order valence-electron chi connectivity index (χ2n) is 9.27. The maximum absolute atomic E-state index is 12.8. The van der Waals surface area contributed by atoms with Gasteiger partial charge < -0.3 is 25.6 Å². The normalized spacial score (nSPS) is 19.8. The number of hydrogen-bond donors (Lipinski definition) is 4. The first-order valence-corrected chi connectivity index (χ1v) is 12.2. The van der Waals surface area contributed by atoms with Gasteiger partial charge in [-0.2, -0.15) is 0 Å². The highest BCUT2D eigenvalue weighted by molar-refractivity contribution is 5.85. The van der Waals surface area contributed by atoms with Gasteiger partial charge in [-0.1, -0.05) is 61.4 Å². The number of aliphatic hydroxyl groups excluding tert-OH is 1. The molecule has 0 aliphatic heterocycles. The van der Waals surface area contributed by atoms with Crippen LogP contribution in [-0.2, 0) is 14.3 Å². The van der Waals surface area contributed by atoms with Crippen molar-refractivity contribution in [3.05, 3.63) is 59.7 Å². The zero-order valence-corrected chi connectivity index (χ0v) is 19.6. The topological polar surface area (TPSA) is 125 Å². The summed E-state index contributed by atoms with van der Waals surface area (Å²) in [4.78, 5) is 36.7. The van der Waals surface area contributed by atoms with Gasteiger partial charge in [-0.05, 0) is 41.0 Å². The number of benzene rings is 2. The van der Waals surface area contributed by atoms with E-state index in [1.807, 2.05) is 24.3 Å². The molecule has 2 amide bonds. The standard InChI is InChI=1S/C27H32N2O6/c30-14-13-24(26(32)33)29-25(31)18-8-2-1-7-17(18)15-28-27(34)35-16-23-21-11-5-3-9-19(21)20-10-4-6-12-22(20)23/h3-6,9-12,17-18,23-24,30H,1-2,7-8,13-16H2,(H,28,34)(H,29,31)(H,32,33)/t17-,18-,24-/m0/s1. The Balaban J connectivity index is 1.32. The Labute approximate surface area is 204 Å². The summed E-state index contributed by atoms with van der Waals surface area (Å²) >= 11 is 0. The van der Waals surface area contributed by atoms with Gasteiger partial charge in [0.2, 0.25) is 5.91 Å². The number of alkyl carbamates (subject to hydrolysis) is 1. The highest BCUT2D eigenvalue weighted by atomic mass is 16.5. The van der Waals surface area contributed by atoms with Crippen molar-refractivity contribution >= 4 is 18.0 Å². The number of ether oxygens (including phenoxy) is 1. The van der Waals surface area contributed by atoms with E-state index in [4.69, 9.17) is 9.84 Å². The highest BCUT2D eigenvalue weighted by Gasteiger charge is 2.34. The van der Waals surface area contributed by atoms with Gasteiger partial charge in [0.05, 0.1) is 0 Å². The van der Waals surface area contributed by atoms with E-state index >= 15 is 0 Å². The Bertz CT molecular complexity index is 1030. The van der Waals surface area contributed by atoms with Crippen LogP contribution >= 0.6 is 0 Å². The van der Waals surface area contributed by atoms with Crippen LogP contribution in [0.5, 0.6) is 0 Å². The third-order valence-electron chi connectivity index (χ3n) is 7.13. The number of nitrogens with one attached hydrogen (secondary N) is 2. The smallest absolute Gasteiger partial charge is 0.407 e. The lowest BCUT2D eigenvalue weighted by Gasteiger charge is -2.31. The molecule has 186 valence electrons. The summed E-state index contributed by atoms with van der Waals surface area (Å²) in [6.07, 6.45) is 2.64. The number of hydrogen-bond acceptors (Lipinski definition) is 5. The third-order valence-corrected chi connectivity index (χ3v) is 7.13. The van der Waals surface area contributed by atoms with Crippen molar-refractivity contribution in [1.29, 1.82) is 0 Å². The first-order valence-electron chi connectivity index (χ1n) is 12.2. The molecule has 8 nitrogen and oxygen atoms in total. The number of fused-ring (bicyclic) bond motifs is 3. The fourth-order valence-corrected chi connectivity index (χ4v) is 5.33. The Kier molecular flexibility index (Phi) is 8.02. The fourth-order valence-electron chi connectivity index (χ4n) is 5.33. The van der Waals surface area contributed by atoms with Crippen molar-refractivity contribution in [3.8, 4) is 11.1 Å². The number of carbonyl (C=O) groups is 3. The lowest BCUT2D eigenvalue weighted by atomic mass is 9.78. The van der Waals surface area contributed by atoms with E-state index in [1.165, 1.54) is 0 Å². The minimum atomic E-state index is -1.17. The molecule has 2 aromatic carbocycles. The predicted molar refractivity (Wildman–Crippen MR) is 130 cm³/mol.